The fourth-order valence-electron chi connectivity index (χ4n) is 2.11. The molecule has 3 rings (SSSR count). The molecule has 0 saturated heterocycles. The van der Waals surface area contributed by atoms with Gasteiger partial charge in [-0.1, -0.05) is 34.1 Å². The van der Waals surface area contributed by atoms with E-state index in [1.165, 1.54) is 11.3 Å². The molecule has 2 aromatic rings. The number of carbonyl (C=O) groups excluding carboxylic acids is 2. The average Bonchev–Trinajstić information content (AvgIpc) is 3.01. The fraction of sp³-hybridized carbons (Fsp3) is 0.133. The van der Waals surface area contributed by atoms with Gasteiger partial charge in [-0.15, -0.1) is 11.3 Å². The highest BCUT2D eigenvalue weighted by Gasteiger charge is 2.23. The Morgan fingerprint density at radius 2 is 2.09 bits per heavy atom. The normalized spacial score (nSPS) is 17.6. The van der Waals surface area contributed by atoms with Gasteiger partial charge in [-0.2, -0.15) is 0 Å². The number of aliphatic imine (C=N–C) groups is 1. The monoisotopic (exact) mass is 377 g/mol. The Morgan fingerprint density at radius 1 is 1.32 bits per heavy atom. The van der Waals surface area contributed by atoms with E-state index in [-0.39, 0.29) is 30.2 Å². The van der Waals surface area contributed by atoms with Crippen LogP contribution >= 0.6 is 27.3 Å². The molecule has 0 unspecified atom stereocenters. The van der Waals surface area contributed by atoms with Crippen molar-refractivity contribution < 1.29 is 9.59 Å². The zero-order valence-electron chi connectivity index (χ0n) is 11.4. The topological polar surface area (TPSA) is 70.6 Å². The maximum absolute atomic E-state index is 12.0. The van der Waals surface area contributed by atoms with E-state index in [0.29, 0.717) is 4.88 Å². The summed E-state index contributed by atoms with van der Waals surface area (Å²) in [5, 5.41) is 7.06. The van der Waals surface area contributed by atoms with Crippen LogP contribution in [0.3, 0.4) is 0 Å². The molecule has 112 valence electrons. The van der Waals surface area contributed by atoms with Gasteiger partial charge in [-0.25, -0.2) is 4.99 Å². The second-order valence-corrected chi connectivity index (χ2v) is 6.59. The predicted octanol–water partition coefficient (Wildman–Crippen LogP) is 2.86. The molecule has 0 fully saturated rings. The van der Waals surface area contributed by atoms with Crippen molar-refractivity contribution in [1.82, 2.24) is 10.6 Å². The van der Waals surface area contributed by atoms with E-state index in [4.69, 9.17) is 0 Å². The van der Waals surface area contributed by atoms with Crippen molar-refractivity contribution in [3.05, 3.63) is 56.7 Å². The van der Waals surface area contributed by atoms with E-state index < -0.39 is 0 Å². The van der Waals surface area contributed by atoms with Crippen LogP contribution < -0.4 is 10.6 Å². The molecule has 1 atom stereocenters. The molecule has 22 heavy (non-hydrogen) atoms. The minimum absolute atomic E-state index is 0.163. The van der Waals surface area contributed by atoms with Gasteiger partial charge in [0.25, 0.3) is 5.91 Å². The summed E-state index contributed by atoms with van der Waals surface area (Å²) in [6.45, 7) is 0. The molecule has 0 aliphatic carbocycles. The van der Waals surface area contributed by atoms with E-state index in [2.05, 4.69) is 31.6 Å². The molecule has 1 aliphatic heterocycles. The fourth-order valence-corrected chi connectivity index (χ4v) is 2.99. The van der Waals surface area contributed by atoms with Crippen molar-refractivity contribution in [2.75, 3.05) is 0 Å². The highest BCUT2D eigenvalue weighted by Crippen LogP contribution is 2.25. The minimum Gasteiger partial charge on any atom is -0.296 e. The van der Waals surface area contributed by atoms with Crippen LogP contribution in [0.5, 0.6) is 0 Å². The third-order valence-electron chi connectivity index (χ3n) is 3.15. The first-order valence-electron chi connectivity index (χ1n) is 6.60. The Balaban J connectivity index is 1.79. The molecule has 7 heteroatoms. The van der Waals surface area contributed by atoms with Crippen LogP contribution in [-0.2, 0) is 4.79 Å². The van der Waals surface area contributed by atoms with Gasteiger partial charge in [0.1, 0.15) is 0 Å². The first-order chi connectivity index (χ1) is 10.6. The number of nitrogens with one attached hydrogen (secondary N) is 2. The number of hydrogen-bond acceptors (Lipinski definition) is 4. The Labute approximate surface area is 139 Å². The number of thiophene rings is 1. The Morgan fingerprint density at radius 3 is 2.77 bits per heavy atom. The summed E-state index contributed by atoms with van der Waals surface area (Å²) in [5.74, 6) is -0.238. The summed E-state index contributed by atoms with van der Waals surface area (Å²) in [7, 11) is 0. The third kappa shape index (κ3) is 3.42. The molecule has 1 aromatic heterocycles. The number of guanidine groups is 1. The molecular formula is C15H12BrN3O2S. The highest BCUT2D eigenvalue weighted by molar-refractivity contribution is 9.10. The summed E-state index contributed by atoms with van der Waals surface area (Å²) < 4.78 is 0.965. The molecule has 0 saturated carbocycles. The average molecular weight is 378 g/mol. The quantitative estimate of drug-likeness (QED) is 0.844. The van der Waals surface area contributed by atoms with Gasteiger partial charge in [0.2, 0.25) is 11.9 Å². The van der Waals surface area contributed by atoms with Crippen LogP contribution in [0.2, 0.25) is 0 Å². The van der Waals surface area contributed by atoms with Gasteiger partial charge in [0.05, 0.1) is 17.3 Å². The smallest absolute Gasteiger partial charge is 0.268 e. The van der Waals surface area contributed by atoms with Crippen molar-refractivity contribution in [3.63, 3.8) is 0 Å². The summed E-state index contributed by atoms with van der Waals surface area (Å²) in [6.07, 6.45) is 0.264. The largest absolute Gasteiger partial charge is 0.296 e. The van der Waals surface area contributed by atoms with Crippen molar-refractivity contribution in [3.8, 4) is 0 Å². The number of hydrogen-bond donors (Lipinski definition) is 2. The Bertz CT molecular complexity index is 726. The molecule has 0 bridgehead atoms. The molecule has 5 nitrogen and oxygen atoms in total. The SMILES string of the molecule is O=C1C[C@@H](c2ccc(Br)cc2)N=C(NC(=O)c2cccs2)N1. The van der Waals surface area contributed by atoms with Crippen LogP contribution in [0.25, 0.3) is 0 Å². The summed E-state index contributed by atoms with van der Waals surface area (Å²) in [6, 6.07) is 10.9. The number of halogens is 1. The standard InChI is InChI=1S/C15H12BrN3O2S/c16-10-5-3-9(4-6-10)11-8-13(20)18-15(17-11)19-14(21)12-2-1-7-22-12/h1-7,11H,8H2,(H2,17,18,19,20,21)/t11-/m0/s1. The van der Waals surface area contributed by atoms with Gasteiger partial charge in [-0.3, -0.25) is 20.2 Å². The molecule has 2 amide bonds. The van der Waals surface area contributed by atoms with Crippen LogP contribution in [0.1, 0.15) is 27.7 Å². The van der Waals surface area contributed by atoms with Crippen molar-refractivity contribution in [2.45, 2.75) is 12.5 Å². The molecular weight excluding hydrogens is 366 g/mol. The van der Waals surface area contributed by atoms with E-state index in [9.17, 15) is 9.59 Å². The Hall–Kier alpha value is -1.99. The van der Waals surface area contributed by atoms with Gasteiger partial charge in [0.15, 0.2) is 0 Å². The van der Waals surface area contributed by atoms with Crippen LogP contribution in [-0.4, -0.2) is 17.8 Å². The van der Waals surface area contributed by atoms with Gasteiger partial charge in [0, 0.05) is 4.47 Å². The number of rotatable bonds is 2. The predicted molar refractivity (Wildman–Crippen MR) is 88.9 cm³/mol. The maximum Gasteiger partial charge on any atom is 0.268 e. The molecule has 1 aliphatic rings. The lowest BCUT2D eigenvalue weighted by molar-refractivity contribution is -0.120. The van der Waals surface area contributed by atoms with E-state index in [1.807, 2.05) is 29.6 Å². The van der Waals surface area contributed by atoms with Crippen LogP contribution in [0.4, 0.5) is 0 Å². The highest BCUT2D eigenvalue weighted by atomic mass is 79.9. The molecule has 2 N–H and O–H groups in total. The van der Waals surface area contributed by atoms with E-state index >= 15 is 0 Å². The Kier molecular flexibility index (Phi) is 4.35. The van der Waals surface area contributed by atoms with E-state index in [1.54, 1.807) is 12.1 Å². The van der Waals surface area contributed by atoms with Crippen LogP contribution in [0, 0.1) is 0 Å². The number of nitrogens with zero attached hydrogens (tertiary/aromatic N) is 1. The lowest BCUT2D eigenvalue weighted by Gasteiger charge is -2.21. The summed E-state index contributed by atoms with van der Waals surface area (Å²) >= 11 is 4.71. The molecule has 1 aromatic carbocycles. The van der Waals surface area contributed by atoms with Crippen molar-refractivity contribution in [2.24, 2.45) is 4.99 Å². The van der Waals surface area contributed by atoms with E-state index in [0.717, 1.165) is 10.0 Å². The van der Waals surface area contributed by atoms with Gasteiger partial charge >= 0.3 is 0 Å². The van der Waals surface area contributed by atoms with Crippen molar-refractivity contribution >= 4 is 45.0 Å². The van der Waals surface area contributed by atoms with Gasteiger partial charge in [-0.05, 0) is 29.1 Å². The second-order valence-electron chi connectivity index (χ2n) is 4.73. The summed E-state index contributed by atoms with van der Waals surface area (Å²) in [4.78, 5) is 28.9. The van der Waals surface area contributed by atoms with Crippen LogP contribution in [0.15, 0.2) is 51.2 Å². The zero-order valence-corrected chi connectivity index (χ0v) is 13.8. The first-order valence-corrected chi connectivity index (χ1v) is 8.27. The summed E-state index contributed by atoms with van der Waals surface area (Å²) in [5.41, 5.74) is 0.931. The third-order valence-corrected chi connectivity index (χ3v) is 4.55. The molecule has 0 radical (unpaired) electrons. The maximum atomic E-state index is 12.0. The lowest BCUT2D eigenvalue weighted by atomic mass is 10.0. The number of carbonyl (C=O) groups is 2. The zero-order chi connectivity index (χ0) is 15.5. The second kappa shape index (κ2) is 6.41. The van der Waals surface area contributed by atoms with Crippen molar-refractivity contribution in [1.29, 1.82) is 0 Å². The molecule has 2 heterocycles. The number of benzene rings is 1. The first kappa shape index (κ1) is 14.9. The molecule has 0 spiro atoms. The number of amides is 2. The van der Waals surface area contributed by atoms with Gasteiger partial charge < -0.3 is 0 Å². The lowest BCUT2D eigenvalue weighted by Crippen LogP contribution is -2.46. The minimum atomic E-state index is -0.291.